The lowest BCUT2D eigenvalue weighted by Gasteiger charge is -2.41. The van der Waals surface area contributed by atoms with E-state index >= 15 is 0 Å². The lowest BCUT2D eigenvalue weighted by molar-refractivity contribution is 0.0936. The van der Waals surface area contributed by atoms with Crippen molar-refractivity contribution in [3.63, 3.8) is 0 Å². The molecule has 0 saturated carbocycles. The molecule has 2 heterocycles. The van der Waals surface area contributed by atoms with Gasteiger partial charge in [0.05, 0.1) is 0 Å². The van der Waals surface area contributed by atoms with Crippen LogP contribution in [0.4, 0.5) is 4.79 Å². The number of pyridine rings is 1. The zero-order chi connectivity index (χ0) is 21.8. The summed E-state index contributed by atoms with van der Waals surface area (Å²) < 4.78 is 1.72. The molecular weight excluding hydrogens is 374 g/mol. The summed E-state index contributed by atoms with van der Waals surface area (Å²) >= 11 is 0. The molecule has 0 atom stereocenters. The Labute approximate surface area is 189 Å². The molecule has 0 radical (unpaired) electrons. The standard InChI is InChI=1S/C9H18N2O.C9H13NO.2C2H6.3CH4/c1-9(2,3)11-7-5-6-10(4)8(11)12;1-9(2,3)10-7-5-4-6-8(10)11;2*1-2;;;/h5-7H2,1-4H3;4-7H,1-3H3;2*1-2H3;3*1H4. The number of aromatic nitrogens is 1. The van der Waals surface area contributed by atoms with Crippen LogP contribution in [-0.2, 0) is 5.54 Å². The van der Waals surface area contributed by atoms with Crippen LogP contribution in [0.2, 0.25) is 0 Å². The molecule has 30 heavy (non-hydrogen) atoms. The maximum Gasteiger partial charge on any atom is 0.320 e. The van der Waals surface area contributed by atoms with Crippen LogP contribution in [0.25, 0.3) is 0 Å². The summed E-state index contributed by atoms with van der Waals surface area (Å²) in [6.45, 7) is 22.0. The van der Waals surface area contributed by atoms with Gasteiger partial charge in [-0.25, -0.2) is 4.79 Å². The van der Waals surface area contributed by atoms with Crippen molar-refractivity contribution in [3.8, 4) is 0 Å². The number of nitrogens with zero attached hydrogens (tertiary/aromatic N) is 3. The highest BCUT2D eigenvalue weighted by molar-refractivity contribution is 5.75. The van der Waals surface area contributed by atoms with Crippen molar-refractivity contribution in [2.75, 3.05) is 20.1 Å². The van der Waals surface area contributed by atoms with Gasteiger partial charge in [0.1, 0.15) is 0 Å². The Balaban J connectivity index is -0.000000110. The first-order chi connectivity index (χ1) is 12.4. The average Bonchev–Trinajstić information content (AvgIpc) is 2.60. The molecule has 1 aromatic rings. The highest BCUT2D eigenvalue weighted by atomic mass is 16.2. The Morgan fingerprint density at radius 3 is 1.53 bits per heavy atom. The van der Waals surface area contributed by atoms with Crippen molar-refractivity contribution in [2.24, 2.45) is 0 Å². The Morgan fingerprint density at radius 2 is 1.23 bits per heavy atom. The fraction of sp³-hybridized carbons (Fsp3) is 0.760. The van der Waals surface area contributed by atoms with Crippen LogP contribution in [-0.4, -0.2) is 46.1 Å². The van der Waals surface area contributed by atoms with Gasteiger partial charge in [-0.05, 0) is 54.0 Å². The fourth-order valence-electron chi connectivity index (χ4n) is 2.47. The van der Waals surface area contributed by atoms with Gasteiger partial charge in [0, 0.05) is 43.5 Å². The number of amides is 2. The van der Waals surface area contributed by atoms with E-state index in [0.717, 1.165) is 19.5 Å². The highest BCUT2D eigenvalue weighted by Crippen LogP contribution is 2.18. The molecule has 5 heteroatoms. The molecule has 0 spiro atoms. The monoisotopic (exact) mass is 429 g/mol. The third-order valence-corrected chi connectivity index (χ3v) is 3.79. The third-order valence-electron chi connectivity index (χ3n) is 3.79. The molecular formula is C25H55N3O2. The fourth-order valence-corrected chi connectivity index (χ4v) is 2.47. The quantitative estimate of drug-likeness (QED) is 0.441. The van der Waals surface area contributed by atoms with Crippen LogP contribution in [0.3, 0.4) is 0 Å². The van der Waals surface area contributed by atoms with Gasteiger partial charge < -0.3 is 14.4 Å². The van der Waals surface area contributed by atoms with Crippen molar-refractivity contribution in [3.05, 3.63) is 34.7 Å². The maximum absolute atomic E-state index is 11.6. The van der Waals surface area contributed by atoms with Gasteiger partial charge in [0.15, 0.2) is 0 Å². The van der Waals surface area contributed by atoms with E-state index in [1.165, 1.54) is 0 Å². The average molecular weight is 430 g/mol. The first-order valence-electron chi connectivity index (χ1n) is 10.2. The largest absolute Gasteiger partial charge is 0.328 e. The molecule has 1 aliphatic rings. The first kappa shape index (κ1) is 38.8. The number of rotatable bonds is 0. The molecule has 1 fully saturated rings. The summed E-state index contributed by atoms with van der Waals surface area (Å²) in [6.07, 6.45) is 2.89. The van der Waals surface area contributed by atoms with Crippen LogP contribution in [0.1, 0.15) is 97.9 Å². The summed E-state index contributed by atoms with van der Waals surface area (Å²) in [4.78, 5) is 26.6. The van der Waals surface area contributed by atoms with Crippen molar-refractivity contribution < 1.29 is 4.79 Å². The number of hydrogen-bond donors (Lipinski definition) is 0. The second kappa shape index (κ2) is 18.0. The SMILES string of the molecule is C.C.C.CC.CC.CC(C)(C)n1ccccc1=O.CN1CCCN(C(C)(C)C)C1=O. The normalized spacial score (nSPS) is 12.7. The van der Waals surface area contributed by atoms with E-state index < -0.39 is 0 Å². The number of hydrogen-bond acceptors (Lipinski definition) is 2. The maximum atomic E-state index is 11.6. The summed E-state index contributed by atoms with van der Waals surface area (Å²) in [7, 11) is 1.86. The second-order valence-corrected chi connectivity index (χ2v) is 7.96. The predicted molar refractivity (Wildman–Crippen MR) is 138 cm³/mol. The number of carbonyl (C=O) groups is 1. The van der Waals surface area contributed by atoms with Crippen molar-refractivity contribution >= 4 is 6.03 Å². The lowest BCUT2D eigenvalue weighted by atomic mass is 10.1. The van der Waals surface area contributed by atoms with Gasteiger partial charge in [0.2, 0.25) is 0 Å². The van der Waals surface area contributed by atoms with Gasteiger partial charge in [-0.15, -0.1) is 0 Å². The molecule has 5 nitrogen and oxygen atoms in total. The molecule has 0 aliphatic carbocycles. The topological polar surface area (TPSA) is 45.6 Å². The van der Waals surface area contributed by atoms with Crippen LogP contribution >= 0.6 is 0 Å². The Bertz CT molecular complexity index is 581. The molecule has 2 rings (SSSR count). The summed E-state index contributed by atoms with van der Waals surface area (Å²) in [5.41, 5.74) is -0.0931. The molecule has 2 amide bonds. The van der Waals surface area contributed by atoms with E-state index in [1.54, 1.807) is 21.6 Å². The molecule has 182 valence electrons. The third kappa shape index (κ3) is 13.4. The van der Waals surface area contributed by atoms with Crippen LogP contribution in [0, 0.1) is 0 Å². The number of carbonyl (C=O) groups excluding carboxylic acids is 1. The van der Waals surface area contributed by atoms with Crippen LogP contribution < -0.4 is 5.56 Å². The minimum absolute atomic E-state index is 0. The van der Waals surface area contributed by atoms with Crippen molar-refractivity contribution in [1.82, 2.24) is 14.4 Å². The van der Waals surface area contributed by atoms with Crippen molar-refractivity contribution in [2.45, 2.75) is 109 Å². The first-order valence-corrected chi connectivity index (χ1v) is 10.2. The molecule has 0 aromatic carbocycles. The Kier molecular flexibility index (Phi) is 23.3. The summed E-state index contributed by atoms with van der Waals surface area (Å²) in [5, 5.41) is 0. The van der Waals surface area contributed by atoms with E-state index in [1.807, 2.05) is 72.7 Å². The van der Waals surface area contributed by atoms with Crippen molar-refractivity contribution in [1.29, 1.82) is 0 Å². The molecule has 1 aliphatic heterocycles. The molecule has 0 N–H and O–H groups in total. The van der Waals surface area contributed by atoms with Gasteiger partial charge in [-0.2, -0.15) is 0 Å². The molecule has 1 saturated heterocycles. The van der Waals surface area contributed by atoms with Gasteiger partial charge in [0.25, 0.3) is 5.56 Å². The molecule has 0 bridgehead atoms. The Hall–Kier alpha value is -1.78. The van der Waals surface area contributed by atoms with Gasteiger partial charge in [-0.3, -0.25) is 4.79 Å². The van der Waals surface area contributed by atoms with E-state index in [4.69, 9.17) is 0 Å². The van der Waals surface area contributed by atoms with Crippen LogP contribution in [0.15, 0.2) is 29.2 Å². The molecule has 1 aromatic heterocycles. The van der Waals surface area contributed by atoms with E-state index in [2.05, 4.69) is 20.8 Å². The summed E-state index contributed by atoms with van der Waals surface area (Å²) in [5.74, 6) is 0. The van der Waals surface area contributed by atoms with E-state index in [9.17, 15) is 9.59 Å². The lowest BCUT2D eigenvalue weighted by Crippen LogP contribution is -2.55. The summed E-state index contributed by atoms with van der Waals surface area (Å²) in [6, 6.07) is 5.36. The van der Waals surface area contributed by atoms with Gasteiger partial charge >= 0.3 is 6.03 Å². The zero-order valence-corrected chi connectivity index (χ0v) is 19.6. The Morgan fingerprint density at radius 1 is 0.767 bits per heavy atom. The number of urea groups is 1. The zero-order valence-electron chi connectivity index (χ0n) is 19.6. The smallest absolute Gasteiger partial charge is 0.320 e. The molecule has 0 unspecified atom stereocenters. The van der Waals surface area contributed by atoms with Gasteiger partial charge in [-0.1, -0.05) is 56.0 Å². The van der Waals surface area contributed by atoms with E-state index in [-0.39, 0.29) is 44.9 Å². The second-order valence-electron chi connectivity index (χ2n) is 7.96. The predicted octanol–water partition coefficient (Wildman–Crippen LogP) is 7.11. The minimum Gasteiger partial charge on any atom is -0.328 e. The van der Waals surface area contributed by atoms with Crippen LogP contribution in [0.5, 0.6) is 0 Å². The minimum atomic E-state index is -0.113. The van der Waals surface area contributed by atoms with E-state index in [0.29, 0.717) is 0 Å². The highest BCUT2D eigenvalue weighted by Gasteiger charge is 2.31.